The average molecular weight is 360 g/mol. The van der Waals surface area contributed by atoms with Crippen LogP contribution in [0.15, 0.2) is 47.3 Å². The lowest BCUT2D eigenvalue weighted by Gasteiger charge is -2.21. The van der Waals surface area contributed by atoms with E-state index in [-0.39, 0.29) is 22.7 Å². The standard InChI is InChI=1S/C18H15ClFN3O2/c1-2-23(18(25)16-12(19)7-5-8-13(16)20)10-15-21-14-9-4-3-6-11(14)17(24)22-15/h3-9H,2,10H2,1H3,(H,21,22,24). The minimum atomic E-state index is -0.684. The summed E-state index contributed by atoms with van der Waals surface area (Å²) in [5.41, 5.74) is 0.0656. The summed E-state index contributed by atoms with van der Waals surface area (Å²) in [5.74, 6) is -0.913. The van der Waals surface area contributed by atoms with Crippen LogP contribution in [-0.4, -0.2) is 27.3 Å². The molecule has 0 aliphatic carbocycles. The first-order valence-electron chi connectivity index (χ1n) is 7.72. The number of carbonyl (C=O) groups is 1. The Morgan fingerprint density at radius 3 is 2.72 bits per heavy atom. The number of nitrogens with one attached hydrogen (secondary N) is 1. The summed E-state index contributed by atoms with van der Waals surface area (Å²) >= 11 is 5.97. The van der Waals surface area contributed by atoms with Gasteiger partial charge in [0.2, 0.25) is 0 Å². The quantitative estimate of drug-likeness (QED) is 0.776. The molecule has 0 unspecified atom stereocenters. The van der Waals surface area contributed by atoms with Gasteiger partial charge in [-0.1, -0.05) is 29.8 Å². The molecule has 0 saturated carbocycles. The fourth-order valence-electron chi connectivity index (χ4n) is 2.58. The molecule has 25 heavy (non-hydrogen) atoms. The van der Waals surface area contributed by atoms with Gasteiger partial charge < -0.3 is 9.88 Å². The van der Waals surface area contributed by atoms with E-state index in [1.807, 2.05) is 0 Å². The highest BCUT2D eigenvalue weighted by Crippen LogP contribution is 2.21. The number of aromatic amines is 1. The third-order valence-corrected chi connectivity index (χ3v) is 4.16. The molecule has 1 N–H and O–H groups in total. The molecule has 0 spiro atoms. The summed E-state index contributed by atoms with van der Waals surface area (Å²) in [6.45, 7) is 2.10. The Morgan fingerprint density at radius 1 is 1.24 bits per heavy atom. The number of fused-ring (bicyclic) bond motifs is 1. The maximum atomic E-state index is 14.0. The lowest BCUT2D eigenvalue weighted by Crippen LogP contribution is -2.32. The van der Waals surface area contributed by atoms with E-state index >= 15 is 0 Å². The minimum Gasteiger partial charge on any atom is -0.331 e. The van der Waals surface area contributed by atoms with Crippen molar-refractivity contribution in [1.29, 1.82) is 0 Å². The van der Waals surface area contributed by atoms with Gasteiger partial charge in [0.15, 0.2) is 0 Å². The van der Waals surface area contributed by atoms with Gasteiger partial charge in [-0.3, -0.25) is 9.59 Å². The van der Waals surface area contributed by atoms with Crippen molar-refractivity contribution in [2.24, 2.45) is 0 Å². The Bertz CT molecular complexity index is 983. The number of aromatic nitrogens is 2. The molecule has 7 heteroatoms. The number of carbonyl (C=O) groups excluding carboxylic acids is 1. The topological polar surface area (TPSA) is 66.1 Å². The zero-order valence-electron chi connectivity index (χ0n) is 13.4. The van der Waals surface area contributed by atoms with Gasteiger partial charge in [0.25, 0.3) is 11.5 Å². The van der Waals surface area contributed by atoms with Crippen molar-refractivity contribution >= 4 is 28.4 Å². The first-order chi connectivity index (χ1) is 12.0. The van der Waals surface area contributed by atoms with Crippen molar-refractivity contribution in [2.75, 3.05) is 6.54 Å². The van der Waals surface area contributed by atoms with Gasteiger partial charge in [-0.25, -0.2) is 9.37 Å². The molecule has 3 rings (SSSR count). The average Bonchev–Trinajstić information content (AvgIpc) is 2.59. The first-order valence-corrected chi connectivity index (χ1v) is 8.10. The number of H-pyrrole nitrogens is 1. The second-order valence-corrected chi connectivity index (χ2v) is 5.85. The molecule has 0 fully saturated rings. The number of rotatable bonds is 4. The van der Waals surface area contributed by atoms with Gasteiger partial charge in [-0.05, 0) is 31.2 Å². The van der Waals surface area contributed by atoms with Crippen LogP contribution < -0.4 is 5.56 Å². The highest BCUT2D eigenvalue weighted by molar-refractivity contribution is 6.33. The van der Waals surface area contributed by atoms with E-state index in [0.29, 0.717) is 23.3 Å². The van der Waals surface area contributed by atoms with Crippen molar-refractivity contribution in [2.45, 2.75) is 13.5 Å². The molecular formula is C18H15ClFN3O2. The van der Waals surface area contributed by atoms with Crippen LogP contribution in [0.5, 0.6) is 0 Å². The van der Waals surface area contributed by atoms with Gasteiger partial charge in [0.05, 0.1) is 28.0 Å². The van der Waals surface area contributed by atoms with Crippen LogP contribution in [0.2, 0.25) is 5.02 Å². The molecular weight excluding hydrogens is 345 g/mol. The second-order valence-electron chi connectivity index (χ2n) is 5.45. The predicted octanol–water partition coefficient (Wildman–Crippen LogP) is 3.38. The molecule has 5 nitrogen and oxygen atoms in total. The Morgan fingerprint density at radius 2 is 2.00 bits per heavy atom. The van der Waals surface area contributed by atoms with Crippen LogP contribution in [0.4, 0.5) is 4.39 Å². The zero-order valence-corrected chi connectivity index (χ0v) is 14.2. The lowest BCUT2D eigenvalue weighted by atomic mass is 10.1. The van der Waals surface area contributed by atoms with E-state index in [2.05, 4.69) is 9.97 Å². The molecule has 0 saturated heterocycles. The third kappa shape index (κ3) is 3.39. The number of para-hydroxylation sites is 1. The summed E-state index contributed by atoms with van der Waals surface area (Å²) in [7, 11) is 0. The molecule has 0 atom stereocenters. The summed E-state index contributed by atoms with van der Waals surface area (Å²) in [4.78, 5) is 33.2. The summed E-state index contributed by atoms with van der Waals surface area (Å²) in [5, 5.41) is 0.515. The third-order valence-electron chi connectivity index (χ3n) is 3.85. The van der Waals surface area contributed by atoms with E-state index < -0.39 is 11.7 Å². The number of nitrogens with zero attached hydrogens (tertiary/aromatic N) is 2. The van der Waals surface area contributed by atoms with Crippen LogP contribution in [0, 0.1) is 5.82 Å². The van der Waals surface area contributed by atoms with Crippen LogP contribution in [-0.2, 0) is 6.54 Å². The molecule has 0 radical (unpaired) electrons. The van der Waals surface area contributed by atoms with E-state index in [1.165, 1.54) is 23.1 Å². The van der Waals surface area contributed by atoms with Gasteiger partial charge in [0, 0.05) is 6.54 Å². The smallest absolute Gasteiger partial charge is 0.258 e. The van der Waals surface area contributed by atoms with E-state index in [4.69, 9.17) is 11.6 Å². The summed E-state index contributed by atoms with van der Waals surface area (Å²) < 4.78 is 14.0. The van der Waals surface area contributed by atoms with Crippen LogP contribution >= 0.6 is 11.6 Å². The number of hydrogen-bond acceptors (Lipinski definition) is 3. The molecule has 0 aliphatic rings. The van der Waals surface area contributed by atoms with Crippen molar-refractivity contribution in [1.82, 2.24) is 14.9 Å². The summed E-state index contributed by atoms with van der Waals surface area (Å²) in [6, 6.07) is 11.0. The van der Waals surface area contributed by atoms with Gasteiger partial charge in [0.1, 0.15) is 11.6 Å². The molecule has 1 aromatic heterocycles. The largest absolute Gasteiger partial charge is 0.331 e. The van der Waals surface area contributed by atoms with E-state index in [1.54, 1.807) is 31.2 Å². The maximum Gasteiger partial charge on any atom is 0.258 e. The van der Waals surface area contributed by atoms with Crippen LogP contribution in [0.3, 0.4) is 0 Å². The van der Waals surface area contributed by atoms with E-state index in [9.17, 15) is 14.0 Å². The normalized spacial score (nSPS) is 10.8. The molecule has 128 valence electrons. The minimum absolute atomic E-state index is 0.0417. The molecule has 2 aromatic carbocycles. The fraction of sp³-hybridized carbons (Fsp3) is 0.167. The fourth-order valence-corrected chi connectivity index (χ4v) is 2.82. The molecule has 1 amide bonds. The highest BCUT2D eigenvalue weighted by atomic mass is 35.5. The van der Waals surface area contributed by atoms with Crippen molar-refractivity contribution in [3.63, 3.8) is 0 Å². The SMILES string of the molecule is CCN(Cc1nc2ccccc2c(=O)[nH]1)C(=O)c1c(F)cccc1Cl. The van der Waals surface area contributed by atoms with Gasteiger partial charge in [-0.15, -0.1) is 0 Å². The van der Waals surface area contributed by atoms with Gasteiger partial charge >= 0.3 is 0 Å². The first kappa shape index (κ1) is 17.1. The molecule has 3 aromatic rings. The zero-order chi connectivity index (χ0) is 18.0. The number of halogens is 2. The predicted molar refractivity (Wildman–Crippen MR) is 94.2 cm³/mol. The Hall–Kier alpha value is -2.73. The molecule has 1 heterocycles. The second kappa shape index (κ2) is 7.03. The van der Waals surface area contributed by atoms with Crippen LogP contribution in [0.1, 0.15) is 23.1 Å². The Labute approximate surface area is 148 Å². The Balaban J connectivity index is 1.95. The van der Waals surface area contributed by atoms with Crippen molar-refractivity contribution in [3.05, 3.63) is 75.0 Å². The Kier molecular flexibility index (Phi) is 4.81. The number of hydrogen-bond donors (Lipinski definition) is 1. The lowest BCUT2D eigenvalue weighted by molar-refractivity contribution is 0.0744. The maximum absolute atomic E-state index is 14.0. The molecule has 0 aliphatic heterocycles. The number of amides is 1. The van der Waals surface area contributed by atoms with E-state index in [0.717, 1.165) is 0 Å². The highest BCUT2D eigenvalue weighted by Gasteiger charge is 2.22. The van der Waals surface area contributed by atoms with Gasteiger partial charge in [-0.2, -0.15) is 0 Å². The monoisotopic (exact) mass is 359 g/mol. The molecule has 0 bridgehead atoms. The summed E-state index contributed by atoms with van der Waals surface area (Å²) in [6.07, 6.45) is 0. The van der Waals surface area contributed by atoms with Crippen molar-refractivity contribution < 1.29 is 9.18 Å². The van der Waals surface area contributed by atoms with Crippen molar-refractivity contribution in [3.8, 4) is 0 Å². The number of benzene rings is 2. The van der Waals surface area contributed by atoms with Crippen LogP contribution in [0.25, 0.3) is 10.9 Å².